The first kappa shape index (κ1) is 14.3. The van der Waals surface area contributed by atoms with E-state index in [0.29, 0.717) is 19.6 Å². The Bertz CT molecular complexity index is 442. The van der Waals surface area contributed by atoms with E-state index < -0.39 is 5.60 Å². The highest BCUT2D eigenvalue weighted by atomic mass is 16.5. The third kappa shape index (κ3) is 2.76. The van der Waals surface area contributed by atoms with Crippen molar-refractivity contribution in [2.24, 2.45) is 0 Å². The quantitative estimate of drug-likeness (QED) is 0.839. The number of benzene rings is 1. The van der Waals surface area contributed by atoms with Gasteiger partial charge in [0.1, 0.15) is 11.4 Å². The minimum absolute atomic E-state index is 0.197. The Morgan fingerprint density at radius 1 is 1.37 bits per heavy atom. The molecule has 1 aromatic carbocycles. The molecule has 0 aromatic heterocycles. The molecular weight excluding hydrogens is 240 g/mol. The number of β-amino-alcohol motifs (C(OH)–C–C–N with tert-alkyl or cyclic N) is 1. The maximum Gasteiger partial charge on any atom is 0.123 e. The first-order valence-corrected chi connectivity index (χ1v) is 6.67. The van der Waals surface area contributed by atoms with Gasteiger partial charge in [0.05, 0.1) is 7.11 Å². The third-order valence-corrected chi connectivity index (χ3v) is 4.16. The lowest BCUT2D eigenvalue weighted by molar-refractivity contribution is -0.0528. The van der Waals surface area contributed by atoms with Gasteiger partial charge < -0.3 is 15.2 Å². The zero-order valence-corrected chi connectivity index (χ0v) is 12.2. The molecule has 0 spiro atoms. The number of ether oxygens (including phenoxy) is 1. The van der Waals surface area contributed by atoms with Crippen LogP contribution < -0.4 is 10.1 Å². The van der Waals surface area contributed by atoms with Gasteiger partial charge in [0.15, 0.2) is 0 Å². The molecule has 1 aromatic rings. The van der Waals surface area contributed by atoms with E-state index >= 15 is 0 Å². The molecule has 1 fully saturated rings. The molecule has 0 aliphatic carbocycles. The van der Waals surface area contributed by atoms with E-state index in [9.17, 15) is 5.11 Å². The second-order valence-corrected chi connectivity index (χ2v) is 5.94. The molecule has 2 N–H and O–H groups in total. The van der Waals surface area contributed by atoms with Gasteiger partial charge in [-0.3, -0.25) is 4.90 Å². The van der Waals surface area contributed by atoms with E-state index in [1.807, 2.05) is 25.2 Å². The van der Waals surface area contributed by atoms with Crippen LogP contribution in [0.1, 0.15) is 19.4 Å². The van der Waals surface area contributed by atoms with Crippen LogP contribution in [0.25, 0.3) is 0 Å². The smallest absolute Gasteiger partial charge is 0.123 e. The lowest BCUT2D eigenvalue weighted by Crippen LogP contribution is -2.65. The second kappa shape index (κ2) is 5.12. The summed E-state index contributed by atoms with van der Waals surface area (Å²) in [6.45, 7) is 6.28. The van der Waals surface area contributed by atoms with E-state index in [-0.39, 0.29) is 5.54 Å². The maximum atomic E-state index is 10.3. The molecular formula is C15H24N2O2. The zero-order valence-electron chi connectivity index (χ0n) is 12.2. The van der Waals surface area contributed by atoms with Gasteiger partial charge in [0, 0.05) is 30.7 Å². The minimum Gasteiger partial charge on any atom is -0.496 e. The summed E-state index contributed by atoms with van der Waals surface area (Å²) in [5.74, 6) is 0.887. The van der Waals surface area contributed by atoms with Gasteiger partial charge >= 0.3 is 0 Å². The van der Waals surface area contributed by atoms with Crippen LogP contribution in [0.5, 0.6) is 5.75 Å². The number of nitrogens with one attached hydrogen (secondary N) is 1. The minimum atomic E-state index is -0.603. The van der Waals surface area contributed by atoms with Gasteiger partial charge in [0.25, 0.3) is 0 Å². The molecule has 0 atom stereocenters. The van der Waals surface area contributed by atoms with Crippen LogP contribution in [-0.4, -0.2) is 49.4 Å². The van der Waals surface area contributed by atoms with Crippen molar-refractivity contribution in [3.05, 3.63) is 29.8 Å². The topological polar surface area (TPSA) is 44.7 Å². The normalized spacial score (nSPS) is 18.2. The molecule has 0 saturated carbocycles. The Labute approximate surface area is 115 Å². The Kier molecular flexibility index (Phi) is 3.85. The number of hydrogen-bond donors (Lipinski definition) is 2. The van der Waals surface area contributed by atoms with Crippen molar-refractivity contribution < 1.29 is 9.84 Å². The highest BCUT2D eigenvalue weighted by Gasteiger charge is 2.39. The number of methoxy groups -OCH3 is 1. The van der Waals surface area contributed by atoms with Crippen molar-refractivity contribution in [3.8, 4) is 5.75 Å². The van der Waals surface area contributed by atoms with Crippen molar-refractivity contribution in [2.45, 2.75) is 25.0 Å². The molecule has 4 heteroatoms. The van der Waals surface area contributed by atoms with E-state index in [1.54, 1.807) is 7.11 Å². The molecule has 106 valence electrons. The summed E-state index contributed by atoms with van der Waals surface area (Å²) in [7, 11) is 3.74. The predicted molar refractivity (Wildman–Crippen MR) is 76.5 cm³/mol. The van der Waals surface area contributed by atoms with Crippen molar-refractivity contribution in [2.75, 3.05) is 33.8 Å². The molecule has 0 radical (unpaired) electrons. The van der Waals surface area contributed by atoms with Crippen LogP contribution in [0.4, 0.5) is 0 Å². The molecule has 2 rings (SSSR count). The van der Waals surface area contributed by atoms with Gasteiger partial charge in [-0.15, -0.1) is 0 Å². The Hall–Kier alpha value is -1.10. The van der Waals surface area contributed by atoms with E-state index in [0.717, 1.165) is 11.3 Å². The third-order valence-electron chi connectivity index (χ3n) is 4.16. The number of rotatable bonds is 5. The number of hydrogen-bond acceptors (Lipinski definition) is 4. The van der Waals surface area contributed by atoms with Gasteiger partial charge in [-0.1, -0.05) is 18.2 Å². The largest absolute Gasteiger partial charge is 0.496 e. The zero-order chi connectivity index (χ0) is 14.1. The average Bonchev–Trinajstić information content (AvgIpc) is 2.36. The first-order valence-electron chi connectivity index (χ1n) is 6.67. The van der Waals surface area contributed by atoms with Crippen molar-refractivity contribution in [1.29, 1.82) is 0 Å². The van der Waals surface area contributed by atoms with Crippen molar-refractivity contribution >= 4 is 0 Å². The van der Waals surface area contributed by atoms with Crippen LogP contribution in [0.3, 0.4) is 0 Å². The van der Waals surface area contributed by atoms with Gasteiger partial charge in [0.2, 0.25) is 0 Å². The summed E-state index contributed by atoms with van der Waals surface area (Å²) in [5, 5.41) is 13.4. The summed E-state index contributed by atoms with van der Waals surface area (Å²) in [6.07, 6.45) is 0. The average molecular weight is 264 g/mol. The molecule has 1 aliphatic rings. The number of aliphatic hydroxyl groups is 1. The molecule has 0 amide bonds. The summed E-state index contributed by atoms with van der Waals surface area (Å²) < 4.78 is 5.45. The molecule has 0 bridgehead atoms. The Morgan fingerprint density at radius 2 is 2.00 bits per heavy atom. The van der Waals surface area contributed by atoms with Crippen molar-refractivity contribution in [3.63, 3.8) is 0 Å². The van der Waals surface area contributed by atoms with Crippen molar-refractivity contribution in [1.82, 2.24) is 10.2 Å². The molecule has 1 aliphatic heterocycles. The lowest BCUT2D eigenvalue weighted by Gasteiger charge is -2.45. The highest BCUT2D eigenvalue weighted by Crippen LogP contribution is 2.34. The van der Waals surface area contributed by atoms with Crippen LogP contribution >= 0.6 is 0 Å². The lowest BCUT2D eigenvalue weighted by atomic mass is 9.88. The SMILES string of the molecule is COc1ccccc1C(C)(C)N(C)CC1(O)CNC1. The van der Waals surface area contributed by atoms with Crippen LogP contribution in [0, 0.1) is 0 Å². The summed E-state index contributed by atoms with van der Waals surface area (Å²) in [5.41, 5.74) is 0.335. The van der Waals surface area contributed by atoms with E-state index in [1.165, 1.54) is 0 Å². The standard InChI is InChI=1S/C15H24N2O2/c1-14(2,12-7-5-6-8-13(12)19-4)17(3)11-15(18)9-16-10-15/h5-8,16,18H,9-11H2,1-4H3. The maximum absolute atomic E-state index is 10.3. The molecule has 0 unspecified atom stereocenters. The summed E-state index contributed by atoms with van der Waals surface area (Å²) in [4.78, 5) is 2.19. The van der Waals surface area contributed by atoms with Gasteiger partial charge in [-0.25, -0.2) is 0 Å². The fourth-order valence-electron chi connectivity index (χ4n) is 2.52. The monoisotopic (exact) mass is 264 g/mol. The highest BCUT2D eigenvalue weighted by molar-refractivity contribution is 5.38. The van der Waals surface area contributed by atoms with Crippen LogP contribution in [0.2, 0.25) is 0 Å². The van der Waals surface area contributed by atoms with E-state index in [4.69, 9.17) is 4.74 Å². The number of likely N-dealkylation sites (N-methyl/N-ethyl adjacent to an activating group) is 1. The summed E-state index contributed by atoms with van der Waals surface area (Å²) >= 11 is 0. The summed E-state index contributed by atoms with van der Waals surface area (Å²) in [6, 6.07) is 8.05. The molecule has 1 saturated heterocycles. The number of nitrogens with zero attached hydrogens (tertiary/aromatic N) is 1. The van der Waals surface area contributed by atoms with Gasteiger partial charge in [-0.05, 0) is 27.0 Å². The Morgan fingerprint density at radius 3 is 2.53 bits per heavy atom. The Balaban J connectivity index is 2.20. The van der Waals surface area contributed by atoms with E-state index in [2.05, 4.69) is 30.1 Å². The predicted octanol–water partition coefficient (Wildman–Crippen LogP) is 1.20. The molecule has 19 heavy (non-hydrogen) atoms. The van der Waals surface area contributed by atoms with Crippen LogP contribution in [-0.2, 0) is 5.54 Å². The first-order chi connectivity index (χ1) is 8.89. The van der Waals surface area contributed by atoms with Crippen LogP contribution in [0.15, 0.2) is 24.3 Å². The fourth-order valence-corrected chi connectivity index (χ4v) is 2.52. The number of para-hydroxylation sites is 1. The second-order valence-electron chi connectivity index (χ2n) is 5.94. The molecule has 4 nitrogen and oxygen atoms in total. The fraction of sp³-hybridized carbons (Fsp3) is 0.600. The van der Waals surface area contributed by atoms with Gasteiger partial charge in [-0.2, -0.15) is 0 Å². The molecule has 1 heterocycles.